The van der Waals surface area contributed by atoms with Gasteiger partial charge in [-0.3, -0.25) is 0 Å². The first-order chi connectivity index (χ1) is 15.7. The third-order valence-corrected chi connectivity index (χ3v) is 7.04. The first-order valence-electron chi connectivity index (χ1n) is 13.3. The maximum Gasteiger partial charge on any atom is 0.348 e. The Morgan fingerprint density at radius 2 is 1.28 bits per heavy atom. The highest BCUT2D eigenvalue weighted by Crippen LogP contribution is 2.25. The molecule has 4 nitrogen and oxygen atoms in total. The fourth-order valence-corrected chi connectivity index (χ4v) is 4.63. The van der Waals surface area contributed by atoms with E-state index < -0.39 is 0 Å². The van der Waals surface area contributed by atoms with E-state index in [-0.39, 0.29) is 5.97 Å². The number of unbranched alkanes of at least 4 members (excludes halogenated alkanes) is 13. The largest absolute Gasteiger partial charge is 0.484 e. The maximum absolute atomic E-state index is 12.1. The van der Waals surface area contributed by atoms with Crippen LogP contribution < -0.4 is 4.74 Å². The average Bonchev–Trinajstić information content (AvgIpc) is 3.28. The van der Waals surface area contributed by atoms with Crippen molar-refractivity contribution < 1.29 is 14.3 Å². The van der Waals surface area contributed by atoms with E-state index in [0.29, 0.717) is 11.5 Å². The molecule has 0 fully saturated rings. The van der Waals surface area contributed by atoms with Gasteiger partial charge >= 0.3 is 5.97 Å². The highest BCUT2D eigenvalue weighted by molar-refractivity contribution is 7.15. The topological polar surface area (TPSA) is 38.8 Å². The zero-order valence-electron chi connectivity index (χ0n) is 21.2. The maximum atomic E-state index is 12.1. The van der Waals surface area contributed by atoms with Crippen LogP contribution in [0.5, 0.6) is 5.06 Å². The van der Waals surface area contributed by atoms with Crippen LogP contribution in [-0.2, 0) is 4.74 Å². The van der Waals surface area contributed by atoms with Gasteiger partial charge in [0.15, 0.2) is 5.06 Å². The predicted octanol–water partition coefficient (Wildman–Crippen LogP) is 8.11. The average molecular weight is 468 g/mol. The zero-order chi connectivity index (χ0) is 23.3. The van der Waals surface area contributed by atoms with Crippen molar-refractivity contribution in [2.45, 2.75) is 111 Å². The smallest absolute Gasteiger partial charge is 0.348 e. The molecule has 1 rings (SSSR count). The minimum atomic E-state index is -0.242. The molecule has 0 aromatic carbocycles. The van der Waals surface area contributed by atoms with Gasteiger partial charge in [0, 0.05) is 6.54 Å². The molecule has 1 aromatic heterocycles. The Bertz CT molecular complexity index is 557. The molecule has 5 heteroatoms. The van der Waals surface area contributed by atoms with Gasteiger partial charge in [-0.25, -0.2) is 4.79 Å². The van der Waals surface area contributed by atoms with E-state index >= 15 is 0 Å². The molecule has 0 atom stereocenters. The molecular weight excluding hydrogens is 418 g/mol. The fraction of sp³-hybridized carbons (Fsp3) is 0.815. The van der Waals surface area contributed by atoms with E-state index in [4.69, 9.17) is 9.47 Å². The molecule has 1 aromatic rings. The Kier molecular flexibility index (Phi) is 18.6. The van der Waals surface area contributed by atoms with Gasteiger partial charge in [0.1, 0.15) is 11.5 Å². The standard InChI is InChI=1S/C27H49NO3S/c1-4-7-8-9-10-11-12-13-14-15-16-17-18-19-23-30-26-21-20-25(32-26)27(29)31-24-22-28(5-2)6-3/h20-21H,4-19,22-24H2,1-3H3. The van der Waals surface area contributed by atoms with Gasteiger partial charge < -0.3 is 14.4 Å². The second kappa shape index (κ2) is 20.5. The zero-order valence-corrected chi connectivity index (χ0v) is 22.0. The van der Waals surface area contributed by atoms with Crippen molar-refractivity contribution in [3.63, 3.8) is 0 Å². The van der Waals surface area contributed by atoms with Crippen molar-refractivity contribution in [1.29, 1.82) is 0 Å². The van der Waals surface area contributed by atoms with Crippen molar-refractivity contribution in [3.05, 3.63) is 17.0 Å². The second-order valence-electron chi connectivity index (χ2n) is 8.73. The van der Waals surface area contributed by atoms with Gasteiger partial charge in [-0.05, 0) is 31.6 Å². The number of nitrogens with zero attached hydrogens (tertiary/aromatic N) is 1. The summed E-state index contributed by atoms with van der Waals surface area (Å²) in [5, 5.41) is 0.815. The number of carbonyl (C=O) groups is 1. The number of ether oxygens (including phenoxy) is 2. The number of hydrogen-bond acceptors (Lipinski definition) is 5. The minimum absolute atomic E-state index is 0.242. The lowest BCUT2D eigenvalue weighted by Crippen LogP contribution is -2.27. The first kappa shape index (κ1) is 29.0. The monoisotopic (exact) mass is 467 g/mol. The minimum Gasteiger partial charge on any atom is -0.484 e. The third-order valence-electron chi connectivity index (χ3n) is 6.06. The van der Waals surface area contributed by atoms with Crippen LogP contribution in [0.1, 0.15) is 120 Å². The Labute approximate surface area is 202 Å². The van der Waals surface area contributed by atoms with Crippen LogP contribution in [0, 0.1) is 0 Å². The van der Waals surface area contributed by atoms with Crippen molar-refractivity contribution >= 4 is 17.3 Å². The molecule has 0 bridgehead atoms. The Morgan fingerprint density at radius 3 is 1.81 bits per heavy atom. The third kappa shape index (κ3) is 14.9. The van der Waals surface area contributed by atoms with E-state index in [1.165, 1.54) is 94.8 Å². The molecule has 0 saturated carbocycles. The molecule has 0 aliphatic heterocycles. The SMILES string of the molecule is CCCCCCCCCCCCCCCCOc1ccc(C(=O)OCCN(CC)CC)s1. The summed E-state index contributed by atoms with van der Waals surface area (Å²) in [5.74, 6) is -0.242. The summed E-state index contributed by atoms with van der Waals surface area (Å²) < 4.78 is 11.2. The number of rotatable bonds is 22. The van der Waals surface area contributed by atoms with E-state index in [0.717, 1.165) is 37.7 Å². The quantitative estimate of drug-likeness (QED) is 0.127. The Hall–Kier alpha value is -1.07. The van der Waals surface area contributed by atoms with Crippen LogP contribution in [0.2, 0.25) is 0 Å². The number of likely N-dealkylation sites (N-methyl/N-ethyl adjacent to an activating group) is 1. The van der Waals surface area contributed by atoms with Crippen LogP contribution in [0.15, 0.2) is 12.1 Å². The van der Waals surface area contributed by atoms with Gasteiger partial charge in [0.2, 0.25) is 0 Å². The van der Waals surface area contributed by atoms with Crippen LogP contribution in [0.4, 0.5) is 0 Å². The van der Waals surface area contributed by atoms with E-state index in [1.807, 2.05) is 12.1 Å². The fourth-order valence-electron chi connectivity index (χ4n) is 3.86. The molecule has 32 heavy (non-hydrogen) atoms. The van der Waals surface area contributed by atoms with Gasteiger partial charge in [-0.1, -0.05) is 116 Å². The molecule has 0 amide bonds. The Balaban J connectivity index is 1.94. The summed E-state index contributed by atoms with van der Waals surface area (Å²) in [5.41, 5.74) is 0. The van der Waals surface area contributed by atoms with Gasteiger partial charge in [0.25, 0.3) is 0 Å². The van der Waals surface area contributed by atoms with E-state index in [9.17, 15) is 4.79 Å². The molecule has 0 spiro atoms. The van der Waals surface area contributed by atoms with E-state index in [1.54, 1.807) is 0 Å². The number of esters is 1. The highest BCUT2D eigenvalue weighted by atomic mass is 32.1. The van der Waals surface area contributed by atoms with Gasteiger partial charge in [0.05, 0.1) is 6.61 Å². The van der Waals surface area contributed by atoms with Crippen molar-refractivity contribution in [1.82, 2.24) is 4.90 Å². The summed E-state index contributed by atoms with van der Waals surface area (Å²) >= 11 is 1.39. The van der Waals surface area contributed by atoms with Crippen LogP contribution in [0.25, 0.3) is 0 Å². The molecule has 0 unspecified atom stereocenters. The van der Waals surface area contributed by atoms with Gasteiger partial charge in [-0.2, -0.15) is 0 Å². The lowest BCUT2D eigenvalue weighted by atomic mass is 10.0. The van der Waals surface area contributed by atoms with E-state index in [2.05, 4.69) is 25.7 Å². The predicted molar refractivity (Wildman–Crippen MR) is 138 cm³/mol. The summed E-state index contributed by atoms with van der Waals surface area (Å²) in [6.07, 6.45) is 19.0. The second-order valence-corrected chi connectivity index (χ2v) is 9.77. The lowest BCUT2D eigenvalue weighted by molar-refractivity contribution is 0.0472. The first-order valence-corrected chi connectivity index (χ1v) is 14.1. The molecule has 0 aliphatic carbocycles. The molecule has 1 heterocycles. The number of hydrogen-bond donors (Lipinski definition) is 0. The van der Waals surface area contributed by atoms with Crippen molar-refractivity contribution in [2.24, 2.45) is 0 Å². The van der Waals surface area contributed by atoms with Crippen molar-refractivity contribution in [3.8, 4) is 5.06 Å². The Morgan fingerprint density at radius 1 is 0.750 bits per heavy atom. The summed E-state index contributed by atoms with van der Waals surface area (Å²) in [6.45, 7) is 10.4. The summed E-state index contributed by atoms with van der Waals surface area (Å²) in [6, 6.07) is 3.69. The summed E-state index contributed by atoms with van der Waals surface area (Å²) in [7, 11) is 0. The molecule has 0 aliphatic rings. The lowest BCUT2D eigenvalue weighted by Gasteiger charge is -2.17. The molecule has 0 saturated heterocycles. The summed E-state index contributed by atoms with van der Waals surface area (Å²) in [4.78, 5) is 15.0. The van der Waals surface area contributed by atoms with Gasteiger partial charge in [-0.15, -0.1) is 0 Å². The molecule has 0 N–H and O–H groups in total. The normalized spacial score (nSPS) is 11.2. The molecular formula is C27H49NO3S. The molecule has 0 radical (unpaired) electrons. The number of carbonyl (C=O) groups excluding carboxylic acids is 1. The van der Waals surface area contributed by atoms with Crippen LogP contribution in [-0.4, -0.2) is 43.7 Å². The molecule has 186 valence electrons. The van der Waals surface area contributed by atoms with Crippen molar-refractivity contribution in [2.75, 3.05) is 32.8 Å². The van der Waals surface area contributed by atoms with Crippen LogP contribution >= 0.6 is 11.3 Å². The number of thiophene rings is 1. The van der Waals surface area contributed by atoms with Crippen LogP contribution in [0.3, 0.4) is 0 Å². The highest BCUT2D eigenvalue weighted by Gasteiger charge is 2.12.